The number of nitrogens with zero attached hydrogens (tertiary/aromatic N) is 1. The lowest BCUT2D eigenvalue weighted by Gasteiger charge is -2.35. The molecule has 1 aliphatic rings. The highest BCUT2D eigenvalue weighted by atomic mass is 79.9. The molecule has 2 atom stereocenters. The van der Waals surface area contributed by atoms with Crippen molar-refractivity contribution in [2.45, 2.75) is 26.1 Å². The predicted molar refractivity (Wildman–Crippen MR) is 84.6 cm³/mol. The SMILES string of the molecule is CC1CN(CCNC(=O)c2cc(Br)ccc2O)CC(C)O1. The number of phenols is 1. The lowest BCUT2D eigenvalue weighted by atomic mass is 10.2. The van der Waals surface area contributed by atoms with Gasteiger partial charge in [-0.15, -0.1) is 0 Å². The van der Waals surface area contributed by atoms with Crippen LogP contribution in [0.2, 0.25) is 0 Å². The van der Waals surface area contributed by atoms with Gasteiger partial charge in [0, 0.05) is 30.7 Å². The van der Waals surface area contributed by atoms with Crippen molar-refractivity contribution in [3.63, 3.8) is 0 Å². The zero-order valence-electron chi connectivity index (χ0n) is 12.3. The molecule has 0 aromatic heterocycles. The van der Waals surface area contributed by atoms with E-state index in [9.17, 15) is 9.90 Å². The van der Waals surface area contributed by atoms with Crippen LogP contribution < -0.4 is 5.32 Å². The van der Waals surface area contributed by atoms with E-state index < -0.39 is 0 Å². The van der Waals surface area contributed by atoms with E-state index in [0.29, 0.717) is 6.54 Å². The maximum Gasteiger partial charge on any atom is 0.255 e. The summed E-state index contributed by atoms with van der Waals surface area (Å²) in [6.07, 6.45) is 0.442. The summed E-state index contributed by atoms with van der Waals surface area (Å²) >= 11 is 3.30. The first-order valence-electron chi connectivity index (χ1n) is 7.10. The minimum absolute atomic E-state index is 0.00989. The van der Waals surface area contributed by atoms with E-state index >= 15 is 0 Å². The van der Waals surface area contributed by atoms with Crippen LogP contribution >= 0.6 is 15.9 Å². The summed E-state index contributed by atoms with van der Waals surface area (Å²) in [5.74, 6) is -0.271. The fourth-order valence-corrected chi connectivity index (χ4v) is 2.94. The Labute approximate surface area is 133 Å². The van der Waals surface area contributed by atoms with Gasteiger partial charge in [-0.3, -0.25) is 9.69 Å². The Bertz CT molecular complexity index is 500. The van der Waals surface area contributed by atoms with Crippen molar-refractivity contribution in [2.24, 2.45) is 0 Å². The number of halogens is 1. The number of carbonyl (C=O) groups excluding carboxylic acids is 1. The number of nitrogens with one attached hydrogen (secondary N) is 1. The van der Waals surface area contributed by atoms with E-state index in [1.807, 2.05) is 0 Å². The summed E-state index contributed by atoms with van der Waals surface area (Å²) in [7, 11) is 0. The van der Waals surface area contributed by atoms with Crippen molar-refractivity contribution in [1.82, 2.24) is 10.2 Å². The van der Waals surface area contributed by atoms with E-state index in [1.54, 1.807) is 12.1 Å². The van der Waals surface area contributed by atoms with Gasteiger partial charge in [-0.2, -0.15) is 0 Å². The van der Waals surface area contributed by atoms with E-state index in [4.69, 9.17) is 4.74 Å². The Morgan fingerprint density at radius 3 is 2.76 bits per heavy atom. The van der Waals surface area contributed by atoms with Crippen LogP contribution in [0.15, 0.2) is 22.7 Å². The van der Waals surface area contributed by atoms with Gasteiger partial charge in [-0.05, 0) is 32.0 Å². The zero-order chi connectivity index (χ0) is 15.4. The highest BCUT2D eigenvalue weighted by Gasteiger charge is 2.21. The topological polar surface area (TPSA) is 61.8 Å². The zero-order valence-corrected chi connectivity index (χ0v) is 13.9. The Kier molecular flexibility index (Phi) is 5.61. The number of benzene rings is 1. The third-order valence-corrected chi connectivity index (χ3v) is 3.91. The van der Waals surface area contributed by atoms with Gasteiger partial charge in [-0.25, -0.2) is 0 Å². The average Bonchev–Trinajstić information content (AvgIpc) is 2.40. The largest absolute Gasteiger partial charge is 0.507 e. The maximum atomic E-state index is 12.1. The molecule has 1 aromatic carbocycles. The summed E-state index contributed by atoms with van der Waals surface area (Å²) < 4.78 is 6.44. The van der Waals surface area contributed by atoms with E-state index in [0.717, 1.165) is 24.1 Å². The molecule has 5 nitrogen and oxygen atoms in total. The third-order valence-electron chi connectivity index (χ3n) is 3.41. The summed E-state index contributed by atoms with van der Waals surface area (Å²) in [4.78, 5) is 14.3. The second-order valence-corrected chi connectivity index (χ2v) is 6.35. The molecule has 1 heterocycles. The Morgan fingerprint density at radius 1 is 1.43 bits per heavy atom. The lowest BCUT2D eigenvalue weighted by Crippen LogP contribution is -2.47. The van der Waals surface area contributed by atoms with Gasteiger partial charge in [0.1, 0.15) is 5.75 Å². The number of carbonyl (C=O) groups is 1. The maximum absolute atomic E-state index is 12.1. The monoisotopic (exact) mass is 356 g/mol. The van der Waals surface area contributed by atoms with Crippen LogP contribution in [0.4, 0.5) is 0 Å². The molecule has 1 amide bonds. The van der Waals surface area contributed by atoms with Crippen molar-refractivity contribution in [2.75, 3.05) is 26.2 Å². The molecule has 0 saturated carbocycles. The van der Waals surface area contributed by atoms with Crippen molar-refractivity contribution < 1.29 is 14.6 Å². The van der Waals surface area contributed by atoms with Crippen molar-refractivity contribution in [1.29, 1.82) is 0 Å². The Hall–Kier alpha value is -1.11. The molecule has 21 heavy (non-hydrogen) atoms. The molecule has 0 radical (unpaired) electrons. The molecule has 2 unspecified atom stereocenters. The number of amides is 1. The number of phenolic OH excluding ortho intramolecular Hbond substituents is 1. The van der Waals surface area contributed by atoms with Gasteiger partial charge in [0.15, 0.2) is 0 Å². The molecular weight excluding hydrogens is 336 g/mol. The smallest absolute Gasteiger partial charge is 0.255 e. The number of aromatic hydroxyl groups is 1. The van der Waals surface area contributed by atoms with E-state index in [1.165, 1.54) is 6.07 Å². The van der Waals surface area contributed by atoms with E-state index in [2.05, 4.69) is 40.0 Å². The highest BCUT2D eigenvalue weighted by molar-refractivity contribution is 9.10. The van der Waals surface area contributed by atoms with Crippen LogP contribution in [0, 0.1) is 0 Å². The minimum Gasteiger partial charge on any atom is -0.507 e. The molecule has 0 aliphatic carbocycles. The average molecular weight is 357 g/mol. The van der Waals surface area contributed by atoms with Gasteiger partial charge < -0.3 is 15.2 Å². The molecule has 1 aromatic rings. The first-order chi connectivity index (χ1) is 9.95. The lowest BCUT2D eigenvalue weighted by molar-refractivity contribution is -0.0672. The van der Waals surface area contributed by atoms with Gasteiger partial charge in [-0.1, -0.05) is 15.9 Å². The molecule has 0 spiro atoms. The summed E-state index contributed by atoms with van der Waals surface area (Å²) in [5.41, 5.74) is 0.285. The Morgan fingerprint density at radius 2 is 2.10 bits per heavy atom. The van der Waals surface area contributed by atoms with Crippen LogP contribution in [0.1, 0.15) is 24.2 Å². The Balaban J connectivity index is 1.83. The molecule has 0 bridgehead atoms. The summed E-state index contributed by atoms with van der Waals surface area (Å²) in [6, 6.07) is 4.82. The van der Waals surface area contributed by atoms with Gasteiger partial charge >= 0.3 is 0 Å². The molecule has 116 valence electrons. The van der Waals surface area contributed by atoms with E-state index in [-0.39, 0.29) is 29.4 Å². The van der Waals surface area contributed by atoms with Crippen LogP contribution in [0.3, 0.4) is 0 Å². The molecule has 1 fully saturated rings. The normalized spacial score (nSPS) is 23.0. The van der Waals surface area contributed by atoms with Crippen molar-refractivity contribution in [3.8, 4) is 5.75 Å². The van der Waals surface area contributed by atoms with Crippen LogP contribution in [0.5, 0.6) is 5.75 Å². The number of hydrogen-bond acceptors (Lipinski definition) is 4. The van der Waals surface area contributed by atoms with Gasteiger partial charge in [0.05, 0.1) is 17.8 Å². The minimum atomic E-state index is -0.261. The van der Waals surface area contributed by atoms with Crippen molar-refractivity contribution in [3.05, 3.63) is 28.2 Å². The fraction of sp³-hybridized carbons (Fsp3) is 0.533. The highest BCUT2D eigenvalue weighted by Crippen LogP contribution is 2.21. The first-order valence-corrected chi connectivity index (χ1v) is 7.89. The summed E-state index contributed by atoms with van der Waals surface area (Å²) in [5, 5.41) is 12.6. The quantitative estimate of drug-likeness (QED) is 0.865. The molecule has 1 saturated heterocycles. The second kappa shape index (κ2) is 7.24. The van der Waals surface area contributed by atoms with Gasteiger partial charge in [0.25, 0.3) is 5.91 Å². The van der Waals surface area contributed by atoms with Crippen molar-refractivity contribution >= 4 is 21.8 Å². The number of hydrogen-bond donors (Lipinski definition) is 2. The first kappa shape index (κ1) is 16.3. The third kappa shape index (κ3) is 4.69. The second-order valence-electron chi connectivity index (χ2n) is 5.43. The molecular formula is C15H21BrN2O3. The predicted octanol–water partition coefficient (Wildman–Crippen LogP) is 1.99. The molecule has 6 heteroatoms. The number of ether oxygens (including phenoxy) is 1. The fourth-order valence-electron chi connectivity index (χ4n) is 2.58. The molecule has 1 aliphatic heterocycles. The molecule has 2 rings (SSSR count). The standard InChI is InChI=1S/C15H21BrN2O3/c1-10-8-18(9-11(2)21-10)6-5-17-15(20)13-7-12(16)3-4-14(13)19/h3-4,7,10-11,19H,5-6,8-9H2,1-2H3,(H,17,20). The number of morpholine rings is 1. The summed E-state index contributed by atoms with van der Waals surface area (Å²) in [6.45, 7) is 7.19. The van der Waals surface area contributed by atoms with Crippen LogP contribution in [-0.2, 0) is 4.74 Å². The van der Waals surface area contributed by atoms with Gasteiger partial charge in [0.2, 0.25) is 0 Å². The van der Waals surface area contributed by atoms with Crippen LogP contribution in [-0.4, -0.2) is 54.3 Å². The molecule has 2 N–H and O–H groups in total. The number of rotatable bonds is 4. The van der Waals surface area contributed by atoms with Crippen LogP contribution in [0.25, 0.3) is 0 Å².